The van der Waals surface area contributed by atoms with Crippen LogP contribution in [-0.2, 0) is 4.74 Å². The standard InChI is InChI=1S/C12H21F3N2O/c13-12(14,15)10-18-8-7-17-6-5-16-11(9-17)3-1-2-4-11/h16H,1-10H2. The Bertz CT molecular complexity index is 265. The Morgan fingerprint density at radius 2 is 1.94 bits per heavy atom. The number of alkyl halides is 3. The number of piperazine rings is 1. The number of halogens is 3. The van der Waals surface area contributed by atoms with Crippen LogP contribution < -0.4 is 5.32 Å². The number of hydrogen-bond donors (Lipinski definition) is 1. The molecule has 1 saturated heterocycles. The maximum atomic E-state index is 11.9. The zero-order chi connectivity index (χ0) is 13.1. The van der Waals surface area contributed by atoms with Gasteiger partial charge in [-0.3, -0.25) is 4.90 Å². The van der Waals surface area contributed by atoms with E-state index < -0.39 is 12.8 Å². The van der Waals surface area contributed by atoms with E-state index in [1.54, 1.807) is 0 Å². The molecular formula is C12H21F3N2O. The third-order valence-electron chi connectivity index (χ3n) is 3.83. The summed E-state index contributed by atoms with van der Waals surface area (Å²) in [4.78, 5) is 2.22. The number of ether oxygens (including phenoxy) is 1. The van der Waals surface area contributed by atoms with E-state index in [4.69, 9.17) is 0 Å². The largest absolute Gasteiger partial charge is 0.411 e. The first-order chi connectivity index (χ1) is 8.49. The van der Waals surface area contributed by atoms with Crippen LogP contribution in [0.5, 0.6) is 0 Å². The second-order valence-corrected chi connectivity index (χ2v) is 5.36. The minimum absolute atomic E-state index is 0.162. The minimum Gasteiger partial charge on any atom is -0.371 e. The van der Waals surface area contributed by atoms with E-state index in [2.05, 4.69) is 15.0 Å². The molecule has 18 heavy (non-hydrogen) atoms. The Kier molecular flexibility index (Phi) is 4.50. The summed E-state index contributed by atoms with van der Waals surface area (Å²) in [6.07, 6.45) is 0.673. The Morgan fingerprint density at radius 1 is 1.22 bits per heavy atom. The molecule has 2 aliphatic rings. The molecule has 2 rings (SSSR count). The predicted molar refractivity (Wildman–Crippen MR) is 62.5 cm³/mol. The molecule has 1 N–H and O–H groups in total. The van der Waals surface area contributed by atoms with Crippen LogP contribution in [0, 0.1) is 0 Å². The maximum Gasteiger partial charge on any atom is 0.411 e. The van der Waals surface area contributed by atoms with Crippen LogP contribution in [-0.4, -0.2) is 56.0 Å². The first-order valence-electron chi connectivity index (χ1n) is 6.61. The van der Waals surface area contributed by atoms with Crippen molar-refractivity contribution in [3.63, 3.8) is 0 Å². The molecule has 0 unspecified atom stereocenters. The number of hydrogen-bond acceptors (Lipinski definition) is 3. The van der Waals surface area contributed by atoms with E-state index in [9.17, 15) is 13.2 Å². The molecule has 1 spiro atoms. The third kappa shape index (κ3) is 4.10. The van der Waals surface area contributed by atoms with Gasteiger partial charge in [0.15, 0.2) is 0 Å². The molecule has 0 atom stereocenters. The molecule has 106 valence electrons. The van der Waals surface area contributed by atoms with Crippen LogP contribution in [0.25, 0.3) is 0 Å². The van der Waals surface area contributed by atoms with Crippen LogP contribution in [0.4, 0.5) is 13.2 Å². The van der Waals surface area contributed by atoms with Crippen LogP contribution in [0.1, 0.15) is 25.7 Å². The van der Waals surface area contributed by atoms with Gasteiger partial charge in [-0.1, -0.05) is 12.8 Å². The molecule has 0 aromatic rings. The van der Waals surface area contributed by atoms with Gasteiger partial charge in [-0.15, -0.1) is 0 Å². The van der Waals surface area contributed by atoms with Crippen molar-refractivity contribution in [2.75, 3.05) is 39.4 Å². The highest BCUT2D eigenvalue weighted by Crippen LogP contribution is 2.31. The summed E-state index contributed by atoms with van der Waals surface area (Å²) in [5, 5.41) is 3.58. The fraction of sp³-hybridized carbons (Fsp3) is 1.00. The van der Waals surface area contributed by atoms with Gasteiger partial charge in [0.1, 0.15) is 6.61 Å². The number of nitrogens with zero attached hydrogens (tertiary/aromatic N) is 1. The van der Waals surface area contributed by atoms with E-state index >= 15 is 0 Å². The SMILES string of the molecule is FC(F)(F)COCCN1CCNC2(CCCC2)C1. The van der Waals surface area contributed by atoms with Crippen molar-refractivity contribution in [1.82, 2.24) is 10.2 Å². The van der Waals surface area contributed by atoms with Crippen LogP contribution in [0.15, 0.2) is 0 Å². The molecular weight excluding hydrogens is 245 g/mol. The van der Waals surface area contributed by atoms with Gasteiger partial charge in [-0.2, -0.15) is 13.2 Å². The fourth-order valence-corrected chi connectivity index (χ4v) is 3.00. The van der Waals surface area contributed by atoms with E-state index in [0.717, 1.165) is 19.6 Å². The molecule has 0 aromatic carbocycles. The molecule has 0 aromatic heterocycles. The van der Waals surface area contributed by atoms with Gasteiger partial charge in [0.05, 0.1) is 6.61 Å². The van der Waals surface area contributed by atoms with Crippen LogP contribution >= 0.6 is 0 Å². The van der Waals surface area contributed by atoms with Gasteiger partial charge in [0.25, 0.3) is 0 Å². The fourth-order valence-electron chi connectivity index (χ4n) is 3.00. The zero-order valence-electron chi connectivity index (χ0n) is 10.6. The zero-order valence-corrected chi connectivity index (χ0v) is 10.6. The van der Waals surface area contributed by atoms with Gasteiger partial charge < -0.3 is 10.1 Å². The van der Waals surface area contributed by atoms with Gasteiger partial charge >= 0.3 is 6.18 Å². The first-order valence-corrected chi connectivity index (χ1v) is 6.61. The summed E-state index contributed by atoms with van der Waals surface area (Å²) < 4.78 is 40.4. The Hall–Kier alpha value is -0.330. The topological polar surface area (TPSA) is 24.5 Å². The lowest BCUT2D eigenvalue weighted by atomic mass is 9.94. The summed E-state index contributed by atoms with van der Waals surface area (Å²) in [6, 6.07) is 0. The second-order valence-electron chi connectivity index (χ2n) is 5.36. The van der Waals surface area contributed by atoms with E-state index in [-0.39, 0.29) is 12.1 Å². The second kappa shape index (κ2) is 5.75. The molecule has 0 bridgehead atoms. The van der Waals surface area contributed by atoms with Gasteiger partial charge in [-0.25, -0.2) is 0 Å². The van der Waals surface area contributed by atoms with Crippen molar-refractivity contribution < 1.29 is 17.9 Å². The van der Waals surface area contributed by atoms with E-state index in [1.807, 2.05) is 0 Å². The molecule has 2 fully saturated rings. The third-order valence-corrected chi connectivity index (χ3v) is 3.83. The molecule has 1 aliphatic heterocycles. The van der Waals surface area contributed by atoms with Gasteiger partial charge in [0.2, 0.25) is 0 Å². The molecule has 0 radical (unpaired) electrons. The molecule has 3 nitrogen and oxygen atoms in total. The quantitative estimate of drug-likeness (QED) is 0.785. The molecule has 1 saturated carbocycles. The minimum atomic E-state index is -4.21. The first kappa shape index (κ1) is 14.1. The Morgan fingerprint density at radius 3 is 2.61 bits per heavy atom. The predicted octanol–water partition coefficient (Wildman–Crippen LogP) is 1.78. The normalized spacial score (nSPS) is 24.8. The van der Waals surface area contributed by atoms with Crippen LogP contribution in [0.3, 0.4) is 0 Å². The van der Waals surface area contributed by atoms with Gasteiger partial charge in [-0.05, 0) is 12.8 Å². The average molecular weight is 266 g/mol. The number of nitrogens with one attached hydrogen (secondary N) is 1. The highest BCUT2D eigenvalue weighted by molar-refractivity contribution is 4.98. The summed E-state index contributed by atoms with van der Waals surface area (Å²) in [6.45, 7) is 2.40. The van der Waals surface area contributed by atoms with Crippen molar-refractivity contribution in [1.29, 1.82) is 0 Å². The summed E-state index contributed by atoms with van der Waals surface area (Å²) >= 11 is 0. The van der Waals surface area contributed by atoms with Crippen LogP contribution in [0.2, 0.25) is 0 Å². The molecule has 1 heterocycles. The lowest BCUT2D eigenvalue weighted by molar-refractivity contribution is -0.174. The lowest BCUT2D eigenvalue weighted by Gasteiger charge is -2.41. The van der Waals surface area contributed by atoms with Crippen molar-refractivity contribution >= 4 is 0 Å². The summed E-state index contributed by atoms with van der Waals surface area (Å²) in [7, 11) is 0. The van der Waals surface area contributed by atoms with Crippen molar-refractivity contribution in [3.05, 3.63) is 0 Å². The maximum absolute atomic E-state index is 11.9. The average Bonchev–Trinajstić information content (AvgIpc) is 2.72. The van der Waals surface area contributed by atoms with E-state index in [1.165, 1.54) is 25.7 Å². The molecule has 1 aliphatic carbocycles. The Labute approximate surface area is 106 Å². The monoisotopic (exact) mass is 266 g/mol. The van der Waals surface area contributed by atoms with Crippen molar-refractivity contribution in [2.45, 2.75) is 37.4 Å². The van der Waals surface area contributed by atoms with Crippen molar-refractivity contribution in [2.24, 2.45) is 0 Å². The highest BCUT2D eigenvalue weighted by atomic mass is 19.4. The highest BCUT2D eigenvalue weighted by Gasteiger charge is 2.37. The molecule has 6 heteroatoms. The van der Waals surface area contributed by atoms with E-state index in [0.29, 0.717) is 6.54 Å². The molecule has 0 amide bonds. The van der Waals surface area contributed by atoms with Crippen molar-refractivity contribution in [3.8, 4) is 0 Å². The summed E-state index contributed by atoms with van der Waals surface area (Å²) in [5.41, 5.74) is 0.224. The Balaban J connectivity index is 1.67. The summed E-state index contributed by atoms with van der Waals surface area (Å²) in [5.74, 6) is 0. The smallest absolute Gasteiger partial charge is 0.371 e. The number of rotatable bonds is 4. The van der Waals surface area contributed by atoms with Gasteiger partial charge in [0, 0.05) is 31.7 Å². The lowest BCUT2D eigenvalue weighted by Crippen LogP contribution is -2.59.